The van der Waals surface area contributed by atoms with Crippen LogP contribution in [0.3, 0.4) is 0 Å². The fraction of sp³-hybridized carbons (Fsp3) is 0.208. The van der Waals surface area contributed by atoms with Gasteiger partial charge in [0.2, 0.25) is 5.78 Å². The van der Waals surface area contributed by atoms with Gasteiger partial charge >= 0.3 is 0 Å². The molecule has 0 saturated carbocycles. The molecule has 0 saturated heterocycles. The molecule has 0 radical (unpaired) electrons. The minimum absolute atomic E-state index is 0.0645. The number of fused-ring (bicyclic) bond motifs is 1. The van der Waals surface area contributed by atoms with Crippen LogP contribution >= 0.6 is 0 Å². The Morgan fingerprint density at radius 3 is 2.52 bits per heavy atom. The monoisotopic (exact) mass is 384 g/mol. The molecule has 0 fully saturated rings. The van der Waals surface area contributed by atoms with Crippen LogP contribution in [-0.2, 0) is 0 Å². The number of nitrogens with zero attached hydrogens (tertiary/aromatic N) is 2. The molecule has 0 N–H and O–H groups in total. The second-order valence-corrected chi connectivity index (χ2v) is 7.28. The third kappa shape index (κ3) is 2.58. The van der Waals surface area contributed by atoms with E-state index in [0.29, 0.717) is 17.9 Å². The molecular formula is C24H20N2O3. The molecule has 2 heterocycles. The van der Waals surface area contributed by atoms with Crippen molar-refractivity contribution in [2.24, 2.45) is 10.2 Å². The molecule has 144 valence electrons. The van der Waals surface area contributed by atoms with Gasteiger partial charge in [0.25, 0.3) is 0 Å². The van der Waals surface area contributed by atoms with Crippen LogP contribution in [0.1, 0.15) is 33.5 Å². The molecule has 1 spiro atoms. The summed E-state index contributed by atoms with van der Waals surface area (Å²) in [4.78, 5) is 13.9. The van der Waals surface area contributed by atoms with Crippen LogP contribution < -0.4 is 9.47 Å². The van der Waals surface area contributed by atoms with Crippen LogP contribution in [0.5, 0.6) is 11.5 Å². The van der Waals surface area contributed by atoms with Crippen molar-refractivity contribution in [3.8, 4) is 11.5 Å². The van der Waals surface area contributed by atoms with Gasteiger partial charge in [-0.05, 0) is 23.8 Å². The molecule has 5 nitrogen and oxygen atoms in total. The minimum Gasteiger partial charge on any atom is -0.496 e. The van der Waals surface area contributed by atoms with Crippen molar-refractivity contribution in [1.29, 1.82) is 0 Å². The lowest BCUT2D eigenvalue weighted by atomic mass is 9.69. The number of methoxy groups -OCH3 is 1. The summed E-state index contributed by atoms with van der Waals surface area (Å²) < 4.78 is 12.0. The largest absolute Gasteiger partial charge is 0.496 e. The first kappa shape index (κ1) is 17.6. The third-order valence-electron chi connectivity index (χ3n) is 5.79. The van der Waals surface area contributed by atoms with E-state index in [2.05, 4.69) is 10.2 Å². The molecule has 3 atom stereocenters. The van der Waals surface area contributed by atoms with Crippen molar-refractivity contribution >= 4 is 5.78 Å². The highest BCUT2D eigenvalue weighted by Crippen LogP contribution is 2.54. The quantitative estimate of drug-likeness (QED) is 0.638. The van der Waals surface area contributed by atoms with Crippen LogP contribution in [0.25, 0.3) is 0 Å². The molecule has 0 aromatic heterocycles. The van der Waals surface area contributed by atoms with Gasteiger partial charge in [-0.3, -0.25) is 4.79 Å². The fourth-order valence-electron chi connectivity index (χ4n) is 4.44. The SMILES string of the molecule is COc1ccccc1C1CN=NC12C(=O)c1ccccc1OC2c1ccccc1. The Morgan fingerprint density at radius 1 is 0.966 bits per heavy atom. The van der Waals surface area contributed by atoms with Crippen molar-refractivity contribution in [2.75, 3.05) is 13.7 Å². The Morgan fingerprint density at radius 2 is 1.69 bits per heavy atom. The predicted octanol–water partition coefficient (Wildman–Crippen LogP) is 5.00. The summed E-state index contributed by atoms with van der Waals surface area (Å²) in [7, 11) is 1.64. The molecule has 2 aliphatic rings. The van der Waals surface area contributed by atoms with Crippen LogP contribution in [0.4, 0.5) is 0 Å². The maximum Gasteiger partial charge on any atom is 0.200 e. The Hall–Kier alpha value is -3.47. The number of carbonyl (C=O) groups excluding carboxylic acids is 1. The number of azo groups is 1. The van der Waals surface area contributed by atoms with Gasteiger partial charge in [0.1, 0.15) is 11.5 Å². The number of benzene rings is 3. The van der Waals surface area contributed by atoms with E-state index < -0.39 is 11.6 Å². The van der Waals surface area contributed by atoms with E-state index in [1.54, 1.807) is 13.2 Å². The maximum absolute atomic E-state index is 13.9. The summed E-state index contributed by atoms with van der Waals surface area (Å²) in [5.74, 6) is 0.954. The molecule has 3 aromatic rings. The molecule has 0 bridgehead atoms. The van der Waals surface area contributed by atoms with E-state index in [-0.39, 0.29) is 11.7 Å². The zero-order valence-electron chi connectivity index (χ0n) is 16.0. The van der Waals surface area contributed by atoms with Crippen molar-refractivity contribution in [3.05, 3.63) is 95.6 Å². The van der Waals surface area contributed by atoms with Gasteiger partial charge in [-0.2, -0.15) is 10.2 Å². The van der Waals surface area contributed by atoms with E-state index in [9.17, 15) is 4.79 Å². The number of para-hydroxylation sites is 2. The van der Waals surface area contributed by atoms with E-state index in [1.165, 1.54) is 0 Å². The zero-order valence-corrected chi connectivity index (χ0v) is 16.0. The van der Waals surface area contributed by atoms with Crippen molar-refractivity contribution in [1.82, 2.24) is 0 Å². The molecule has 3 aromatic carbocycles. The smallest absolute Gasteiger partial charge is 0.200 e. The first-order valence-electron chi connectivity index (χ1n) is 9.62. The second-order valence-electron chi connectivity index (χ2n) is 7.28. The standard InChI is InChI=1S/C24H20N2O3/c1-28-20-13-7-5-11-17(20)19-15-25-26-24(19)22(27)18-12-6-8-14-21(18)29-23(24)16-9-3-2-4-10-16/h2-14,19,23H,15H2,1H3. The van der Waals surface area contributed by atoms with Crippen LogP contribution in [-0.4, -0.2) is 25.0 Å². The number of carbonyl (C=O) groups is 1. The highest BCUT2D eigenvalue weighted by atomic mass is 16.5. The first-order valence-corrected chi connectivity index (χ1v) is 9.62. The van der Waals surface area contributed by atoms with E-state index in [0.717, 1.165) is 16.9 Å². The summed E-state index contributed by atoms with van der Waals surface area (Å²) in [5.41, 5.74) is 1.18. The average molecular weight is 384 g/mol. The topological polar surface area (TPSA) is 60.2 Å². The van der Waals surface area contributed by atoms with Crippen LogP contribution in [0.2, 0.25) is 0 Å². The van der Waals surface area contributed by atoms with Gasteiger partial charge in [0.05, 0.1) is 19.2 Å². The molecule has 29 heavy (non-hydrogen) atoms. The average Bonchev–Trinajstić information content (AvgIpc) is 3.22. The molecule has 5 heteroatoms. The van der Waals surface area contributed by atoms with Gasteiger partial charge < -0.3 is 9.47 Å². The number of rotatable bonds is 3. The predicted molar refractivity (Wildman–Crippen MR) is 109 cm³/mol. The number of hydrogen-bond acceptors (Lipinski definition) is 5. The number of ketones is 1. The lowest BCUT2D eigenvalue weighted by Crippen LogP contribution is -2.51. The van der Waals surface area contributed by atoms with E-state index in [1.807, 2.05) is 72.8 Å². The Bertz CT molecular complexity index is 1100. The summed E-state index contributed by atoms with van der Waals surface area (Å²) in [6, 6.07) is 24.9. The van der Waals surface area contributed by atoms with Crippen molar-refractivity contribution in [2.45, 2.75) is 17.6 Å². The summed E-state index contributed by atoms with van der Waals surface area (Å²) in [6.45, 7) is 0.404. The summed E-state index contributed by atoms with van der Waals surface area (Å²) >= 11 is 0. The highest BCUT2D eigenvalue weighted by Gasteiger charge is 2.60. The number of ether oxygens (including phenoxy) is 2. The fourth-order valence-corrected chi connectivity index (χ4v) is 4.44. The zero-order chi connectivity index (χ0) is 19.8. The minimum atomic E-state index is -1.18. The van der Waals surface area contributed by atoms with Crippen LogP contribution in [0.15, 0.2) is 89.1 Å². The Balaban J connectivity index is 1.74. The normalized spacial score (nSPS) is 24.9. The maximum atomic E-state index is 13.9. The highest BCUT2D eigenvalue weighted by molar-refractivity contribution is 6.08. The lowest BCUT2D eigenvalue weighted by molar-refractivity contribution is 0.0520. The van der Waals surface area contributed by atoms with Gasteiger partial charge in [0.15, 0.2) is 11.6 Å². The molecular weight excluding hydrogens is 364 g/mol. The van der Waals surface area contributed by atoms with Crippen molar-refractivity contribution in [3.63, 3.8) is 0 Å². The Kier molecular flexibility index (Phi) is 4.16. The molecule has 5 rings (SSSR count). The molecule has 0 amide bonds. The van der Waals surface area contributed by atoms with E-state index in [4.69, 9.17) is 9.47 Å². The first-order chi connectivity index (χ1) is 14.3. The molecule has 3 unspecified atom stereocenters. The van der Waals surface area contributed by atoms with Gasteiger partial charge in [0, 0.05) is 11.5 Å². The van der Waals surface area contributed by atoms with E-state index >= 15 is 0 Å². The molecule has 2 aliphatic heterocycles. The Labute approximate surface area is 169 Å². The summed E-state index contributed by atoms with van der Waals surface area (Å²) in [5, 5.41) is 8.95. The second kappa shape index (κ2) is 6.85. The van der Waals surface area contributed by atoms with Gasteiger partial charge in [-0.25, -0.2) is 0 Å². The van der Waals surface area contributed by atoms with Gasteiger partial charge in [-0.1, -0.05) is 60.7 Å². The van der Waals surface area contributed by atoms with Crippen molar-refractivity contribution < 1.29 is 14.3 Å². The van der Waals surface area contributed by atoms with Crippen LogP contribution in [0, 0.1) is 0 Å². The summed E-state index contributed by atoms with van der Waals surface area (Å²) in [6.07, 6.45) is -0.577. The molecule has 0 aliphatic carbocycles. The lowest BCUT2D eigenvalue weighted by Gasteiger charge is -2.41. The number of hydrogen-bond donors (Lipinski definition) is 0. The third-order valence-corrected chi connectivity index (χ3v) is 5.79. The van der Waals surface area contributed by atoms with Gasteiger partial charge in [-0.15, -0.1) is 0 Å². The number of Topliss-reactive ketones (excluding diaryl/α,β-unsaturated/α-hetero) is 1.